The maximum absolute atomic E-state index is 12.7. The number of benzene rings is 2. The number of hydrogen-bond donors (Lipinski definition) is 0. The molecule has 0 atom stereocenters. The van der Waals surface area contributed by atoms with Crippen LogP contribution in [0.25, 0.3) is 0 Å². The minimum absolute atomic E-state index is 0.0290. The van der Waals surface area contributed by atoms with E-state index in [0.29, 0.717) is 24.2 Å². The molecule has 2 aromatic carbocycles. The van der Waals surface area contributed by atoms with Crippen molar-refractivity contribution in [2.45, 2.75) is 13.1 Å². The molecule has 0 spiro atoms. The minimum Gasteiger partial charge on any atom is -0.289 e. The monoisotopic (exact) mass is 342 g/mol. The van der Waals surface area contributed by atoms with Crippen LogP contribution in [-0.4, -0.2) is 25.3 Å². The Kier molecular flexibility index (Phi) is 4.43. The van der Waals surface area contributed by atoms with Crippen molar-refractivity contribution in [3.05, 3.63) is 108 Å². The summed E-state index contributed by atoms with van der Waals surface area (Å²) in [7, 11) is 0. The molecule has 4 aromatic rings. The van der Waals surface area contributed by atoms with Gasteiger partial charge in [-0.15, -0.1) is 0 Å². The van der Waals surface area contributed by atoms with Crippen molar-refractivity contribution in [3.63, 3.8) is 0 Å². The molecule has 0 amide bonds. The average Bonchev–Trinajstić information content (AvgIpc) is 3.37. The predicted molar refractivity (Wildman–Crippen MR) is 99.0 cm³/mol. The lowest BCUT2D eigenvalue weighted by molar-refractivity contribution is 0.103. The van der Waals surface area contributed by atoms with E-state index in [1.807, 2.05) is 82.4 Å². The second kappa shape index (κ2) is 7.19. The van der Waals surface area contributed by atoms with Crippen LogP contribution in [0.5, 0.6) is 0 Å². The molecule has 0 fully saturated rings. The lowest BCUT2D eigenvalue weighted by Gasteiger charge is -2.06. The molecule has 0 bridgehead atoms. The first-order valence-electron chi connectivity index (χ1n) is 8.45. The third-order valence-electron chi connectivity index (χ3n) is 4.24. The number of hydrogen-bond acceptors (Lipinski definition) is 3. The Balaban J connectivity index is 1.45. The van der Waals surface area contributed by atoms with Gasteiger partial charge in [-0.25, -0.2) is 0 Å². The molecule has 0 aliphatic heterocycles. The van der Waals surface area contributed by atoms with Crippen molar-refractivity contribution >= 4 is 5.78 Å². The van der Waals surface area contributed by atoms with Crippen molar-refractivity contribution in [2.75, 3.05) is 0 Å². The van der Waals surface area contributed by atoms with Crippen LogP contribution in [0.15, 0.2) is 85.5 Å². The molecule has 5 nitrogen and oxygen atoms in total. The van der Waals surface area contributed by atoms with Crippen LogP contribution in [0.2, 0.25) is 0 Å². The second-order valence-corrected chi connectivity index (χ2v) is 6.13. The summed E-state index contributed by atoms with van der Waals surface area (Å²) >= 11 is 0. The van der Waals surface area contributed by atoms with E-state index >= 15 is 0 Å². The zero-order valence-electron chi connectivity index (χ0n) is 14.2. The fourth-order valence-corrected chi connectivity index (χ4v) is 2.85. The molecule has 0 radical (unpaired) electrons. The Bertz CT molecular complexity index is 888. The Labute approximate surface area is 151 Å². The van der Waals surface area contributed by atoms with Crippen LogP contribution in [0.3, 0.4) is 0 Å². The minimum atomic E-state index is 0.0290. The van der Waals surface area contributed by atoms with Gasteiger partial charge in [-0.2, -0.15) is 10.2 Å². The summed E-state index contributed by atoms with van der Waals surface area (Å²) in [6.45, 7) is 1.40. The van der Waals surface area contributed by atoms with Gasteiger partial charge in [0.05, 0.1) is 13.1 Å². The number of aromatic nitrogens is 4. The lowest BCUT2D eigenvalue weighted by atomic mass is 10.0. The summed E-state index contributed by atoms with van der Waals surface area (Å²) in [6, 6.07) is 19.2. The maximum Gasteiger partial charge on any atom is 0.193 e. The van der Waals surface area contributed by atoms with Crippen molar-refractivity contribution in [1.29, 1.82) is 0 Å². The number of rotatable bonds is 6. The van der Waals surface area contributed by atoms with Crippen molar-refractivity contribution in [3.8, 4) is 0 Å². The average molecular weight is 342 g/mol. The first kappa shape index (κ1) is 16.0. The van der Waals surface area contributed by atoms with E-state index in [9.17, 15) is 4.79 Å². The van der Waals surface area contributed by atoms with E-state index in [1.54, 1.807) is 12.4 Å². The zero-order chi connectivity index (χ0) is 17.8. The summed E-state index contributed by atoms with van der Waals surface area (Å²) in [5, 5.41) is 8.39. The first-order valence-corrected chi connectivity index (χ1v) is 8.45. The highest BCUT2D eigenvalue weighted by Crippen LogP contribution is 2.13. The van der Waals surface area contributed by atoms with Gasteiger partial charge in [0.2, 0.25) is 0 Å². The molecule has 2 aromatic heterocycles. The zero-order valence-corrected chi connectivity index (χ0v) is 14.2. The molecular weight excluding hydrogens is 324 g/mol. The highest BCUT2D eigenvalue weighted by atomic mass is 16.1. The molecule has 0 N–H and O–H groups in total. The van der Waals surface area contributed by atoms with Crippen molar-refractivity contribution in [2.24, 2.45) is 0 Å². The summed E-state index contributed by atoms with van der Waals surface area (Å²) < 4.78 is 3.71. The van der Waals surface area contributed by atoms with Gasteiger partial charge >= 0.3 is 0 Å². The van der Waals surface area contributed by atoms with Crippen LogP contribution in [0, 0.1) is 0 Å². The third kappa shape index (κ3) is 3.62. The van der Waals surface area contributed by atoms with Crippen molar-refractivity contribution in [1.82, 2.24) is 19.6 Å². The maximum atomic E-state index is 12.7. The number of nitrogens with zero attached hydrogens (tertiary/aromatic N) is 4. The first-order chi connectivity index (χ1) is 12.8. The molecule has 26 heavy (non-hydrogen) atoms. The standard InChI is InChI=1S/C21H18N4O/c26-21(19-7-3-17(4-8-19)15-24-13-1-11-22-24)20-9-5-18(6-10-20)16-25-14-2-12-23-25/h1-14H,15-16H2. The molecular formula is C21H18N4O. The van der Waals surface area contributed by atoms with E-state index in [2.05, 4.69) is 10.2 Å². The number of ketones is 1. The van der Waals surface area contributed by atoms with Gasteiger partial charge in [-0.1, -0.05) is 48.5 Å². The Morgan fingerprint density at radius 1 is 0.692 bits per heavy atom. The molecule has 0 aliphatic rings. The Morgan fingerprint density at radius 2 is 1.12 bits per heavy atom. The van der Waals surface area contributed by atoms with Gasteiger partial charge in [-0.3, -0.25) is 14.2 Å². The summed E-state index contributed by atoms with van der Waals surface area (Å²) in [6.07, 6.45) is 7.36. The van der Waals surface area contributed by atoms with E-state index < -0.39 is 0 Å². The lowest BCUT2D eigenvalue weighted by Crippen LogP contribution is -2.04. The van der Waals surface area contributed by atoms with Crippen molar-refractivity contribution < 1.29 is 4.79 Å². The van der Waals surface area contributed by atoms with Gasteiger partial charge in [0.25, 0.3) is 0 Å². The summed E-state index contributed by atoms with van der Waals surface area (Å²) in [5.74, 6) is 0.0290. The topological polar surface area (TPSA) is 52.7 Å². The summed E-state index contributed by atoms with van der Waals surface area (Å²) in [4.78, 5) is 12.7. The quantitative estimate of drug-likeness (QED) is 0.505. The van der Waals surface area contributed by atoms with Crippen LogP contribution in [-0.2, 0) is 13.1 Å². The van der Waals surface area contributed by atoms with E-state index in [0.717, 1.165) is 11.1 Å². The fourth-order valence-electron chi connectivity index (χ4n) is 2.85. The largest absolute Gasteiger partial charge is 0.289 e. The molecule has 0 saturated heterocycles. The molecule has 0 saturated carbocycles. The number of carbonyl (C=O) groups is 1. The molecule has 0 unspecified atom stereocenters. The Hall–Kier alpha value is -3.47. The van der Waals surface area contributed by atoms with E-state index in [1.165, 1.54) is 0 Å². The fraction of sp³-hybridized carbons (Fsp3) is 0.0952. The second-order valence-electron chi connectivity index (χ2n) is 6.13. The van der Waals surface area contributed by atoms with Gasteiger partial charge in [-0.05, 0) is 23.3 Å². The number of carbonyl (C=O) groups excluding carboxylic acids is 1. The highest BCUT2D eigenvalue weighted by molar-refractivity contribution is 6.08. The normalized spacial score (nSPS) is 10.8. The highest BCUT2D eigenvalue weighted by Gasteiger charge is 2.09. The third-order valence-corrected chi connectivity index (χ3v) is 4.24. The van der Waals surface area contributed by atoms with Gasteiger partial charge in [0, 0.05) is 35.9 Å². The van der Waals surface area contributed by atoms with E-state index in [-0.39, 0.29) is 5.78 Å². The summed E-state index contributed by atoms with van der Waals surface area (Å²) in [5.41, 5.74) is 3.60. The molecule has 5 heteroatoms. The molecule has 0 aliphatic carbocycles. The molecule has 4 rings (SSSR count). The van der Waals surface area contributed by atoms with Gasteiger partial charge in [0.15, 0.2) is 5.78 Å². The van der Waals surface area contributed by atoms with E-state index in [4.69, 9.17) is 0 Å². The van der Waals surface area contributed by atoms with Crippen LogP contribution < -0.4 is 0 Å². The van der Waals surface area contributed by atoms with Gasteiger partial charge < -0.3 is 0 Å². The van der Waals surface area contributed by atoms with Crippen LogP contribution in [0.4, 0.5) is 0 Å². The van der Waals surface area contributed by atoms with Crippen LogP contribution in [0.1, 0.15) is 27.0 Å². The molecule has 128 valence electrons. The smallest absolute Gasteiger partial charge is 0.193 e. The SMILES string of the molecule is O=C(c1ccc(Cn2cccn2)cc1)c1ccc(Cn2cccn2)cc1. The molecule has 2 heterocycles. The van der Waals surface area contributed by atoms with Gasteiger partial charge in [0.1, 0.15) is 0 Å². The van der Waals surface area contributed by atoms with Crippen LogP contribution >= 0.6 is 0 Å². The Morgan fingerprint density at radius 3 is 1.46 bits per heavy atom. The predicted octanol–water partition coefficient (Wildman–Crippen LogP) is 3.41.